The van der Waals surface area contributed by atoms with Crippen LogP contribution in [0.1, 0.15) is 16.1 Å². The molecule has 0 saturated carbocycles. The van der Waals surface area contributed by atoms with E-state index in [4.69, 9.17) is 5.11 Å². The highest BCUT2D eigenvalue weighted by Gasteiger charge is 2.12. The molecule has 0 aromatic carbocycles. The highest BCUT2D eigenvalue weighted by atomic mass is 79.9. The fraction of sp³-hybridized carbons (Fsp3) is 0.222. The topological polar surface area (TPSA) is 42.2 Å². The maximum absolute atomic E-state index is 10.8. The molecular weight excluding hydrogens is 234 g/mol. The van der Waals surface area contributed by atoms with E-state index in [2.05, 4.69) is 22.5 Å². The lowest BCUT2D eigenvalue weighted by molar-refractivity contribution is 0.0685. The molecule has 3 nitrogen and oxygen atoms in total. The second kappa shape index (κ2) is 3.79. The van der Waals surface area contributed by atoms with Gasteiger partial charge >= 0.3 is 5.97 Å². The van der Waals surface area contributed by atoms with Gasteiger partial charge in [-0.15, -0.1) is 0 Å². The number of hydrogen-bond acceptors (Lipinski definition) is 1. The summed E-state index contributed by atoms with van der Waals surface area (Å²) in [7, 11) is 0. The fourth-order valence-corrected chi connectivity index (χ4v) is 1.46. The maximum atomic E-state index is 10.8. The van der Waals surface area contributed by atoms with E-state index in [1.54, 1.807) is 23.8 Å². The van der Waals surface area contributed by atoms with Gasteiger partial charge in [0.25, 0.3) is 0 Å². The van der Waals surface area contributed by atoms with E-state index in [1.807, 2.05) is 0 Å². The van der Waals surface area contributed by atoms with E-state index in [0.717, 1.165) is 10.0 Å². The molecule has 1 N–H and O–H groups in total. The molecule has 70 valence electrons. The van der Waals surface area contributed by atoms with Crippen LogP contribution in [0.15, 0.2) is 23.3 Å². The number of nitrogens with zero attached hydrogens (tertiary/aromatic N) is 1. The normalized spacial score (nSPS) is 10.0. The van der Waals surface area contributed by atoms with Crippen molar-refractivity contribution in [2.45, 2.75) is 13.5 Å². The van der Waals surface area contributed by atoms with Crippen molar-refractivity contribution in [1.29, 1.82) is 0 Å². The first-order chi connectivity index (χ1) is 6.02. The summed E-state index contributed by atoms with van der Waals surface area (Å²) in [6.07, 6.45) is 1.74. The smallest absolute Gasteiger partial charge is 0.352 e. The number of aryl methyl sites for hydroxylation is 1. The molecule has 4 heteroatoms. The molecule has 1 rings (SSSR count). The minimum absolute atomic E-state index is 0.320. The average Bonchev–Trinajstić information content (AvgIpc) is 2.30. The van der Waals surface area contributed by atoms with Gasteiger partial charge < -0.3 is 9.67 Å². The van der Waals surface area contributed by atoms with Crippen LogP contribution in [-0.4, -0.2) is 15.6 Å². The van der Waals surface area contributed by atoms with Crippen molar-refractivity contribution in [2.75, 3.05) is 0 Å². The first-order valence-corrected chi connectivity index (χ1v) is 4.54. The lowest BCUT2D eigenvalue weighted by Crippen LogP contribution is -2.09. The number of carboxylic acids is 1. The molecule has 1 aromatic heterocycles. The second-order valence-electron chi connectivity index (χ2n) is 2.80. The second-order valence-corrected chi connectivity index (χ2v) is 3.92. The number of aromatic carboxylic acids is 1. The third-order valence-corrected chi connectivity index (χ3v) is 1.96. The molecule has 0 aliphatic rings. The van der Waals surface area contributed by atoms with Crippen LogP contribution in [0.3, 0.4) is 0 Å². The Morgan fingerprint density at radius 2 is 2.38 bits per heavy atom. The van der Waals surface area contributed by atoms with E-state index >= 15 is 0 Å². The number of hydrogen-bond donors (Lipinski definition) is 1. The first kappa shape index (κ1) is 10.1. The summed E-state index contributed by atoms with van der Waals surface area (Å²) < 4.78 is 2.40. The van der Waals surface area contributed by atoms with Crippen molar-refractivity contribution in [3.05, 3.63) is 34.6 Å². The van der Waals surface area contributed by atoms with Crippen molar-refractivity contribution in [2.24, 2.45) is 0 Å². The number of aromatic nitrogens is 1. The van der Waals surface area contributed by atoms with Gasteiger partial charge in [0.05, 0.1) is 6.54 Å². The summed E-state index contributed by atoms with van der Waals surface area (Å²) >= 11 is 3.20. The number of carbonyl (C=O) groups is 1. The Hall–Kier alpha value is -1.03. The first-order valence-electron chi connectivity index (χ1n) is 3.74. The molecule has 1 heterocycles. The monoisotopic (exact) mass is 243 g/mol. The zero-order valence-corrected chi connectivity index (χ0v) is 8.84. The Kier molecular flexibility index (Phi) is 2.93. The van der Waals surface area contributed by atoms with Crippen molar-refractivity contribution in [3.8, 4) is 0 Å². The van der Waals surface area contributed by atoms with Gasteiger partial charge in [-0.3, -0.25) is 0 Å². The Labute approximate surface area is 84.8 Å². The zero-order valence-electron chi connectivity index (χ0n) is 7.25. The Balaban J connectivity index is 3.07. The van der Waals surface area contributed by atoms with E-state index in [-0.39, 0.29) is 0 Å². The number of halogens is 1. The van der Waals surface area contributed by atoms with Gasteiger partial charge in [0.1, 0.15) is 5.69 Å². The summed E-state index contributed by atoms with van der Waals surface area (Å²) in [6, 6.07) is 1.78. The van der Waals surface area contributed by atoms with Gasteiger partial charge in [0.2, 0.25) is 0 Å². The van der Waals surface area contributed by atoms with Crippen LogP contribution in [0.4, 0.5) is 0 Å². The number of carboxylic acid groups (broad SMARTS) is 1. The molecule has 0 unspecified atom stereocenters. The predicted octanol–water partition coefficient (Wildman–Crippen LogP) is 2.40. The van der Waals surface area contributed by atoms with Crippen LogP contribution in [0.5, 0.6) is 0 Å². The molecule has 0 saturated heterocycles. The molecule has 0 aliphatic heterocycles. The lowest BCUT2D eigenvalue weighted by Gasteiger charge is -2.04. The van der Waals surface area contributed by atoms with E-state index in [9.17, 15) is 4.79 Å². The molecule has 1 aromatic rings. The van der Waals surface area contributed by atoms with E-state index in [1.165, 1.54) is 0 Å². The number of rotatable bonds is 3. The van der Waals surface area contributed by atoms with Gasteiger partial charge in [-0.05, 0) is 18.6 Å². The third-order valence-electron chi connectivity index (χ3n) is 1.71. The zero-order chi connectivity index (χ0) is 10.0. The van der Waals surface area contributed by atoms with Crippen molar-refractivity contribution in [3.63, 3.8) is 0 Å². The minimum Gasteiger partial charge on any atom is -0.477 e. The molecule has 0 radical (unpaired) electrons. The summed E-state index contributed by atoms with van der Waals surface area (Å²) in [5, 5.41) is 8.88. The molecule has 0 spiro atoms. The Bertz CT molecular complexity index is 354. The summed E-state index contributed by atoms with van der Waals surface area (Å²) in [4.78, 5) is 10.8. The average molecular weight is 244 g/mol. The van der Waals surface area contributed by atoms with Crippen LogP contribution < -0.4 is 0 Å². The van der Waals surface area contributed by atoms with Gasteiger partial charge in [-0.2, -0.15) is 0 Å². The highest BCUT2D eigenvalue weighted by Crippen LogP contribution is 2.13. The van der Waals surface area contributed by atoms with Crippen LogP contribution in [0.25, 0.3) is 0 Å². The fourth-order valence-electron chi connectivity index (χ4n) is 1.19. The Morgan fingerprint density at radius 3 is 2.85 bits per heavy atom. The molecule has 0 atom stereocenters. The van der Waals surface area contributed by atoms with Gasteiger partial charge in [-0.25, -0.2) is 4.79 Å². The van der Waals surface area contributed by atoms with Crippen molar-refractivity contribution < 1.29 is 9.90 Å². The standard InChI is InChI=1S/C9H10BrNO2/c1-6-3-4-11(5-7(2)10)8(6)9(12)13/h3-4H,2,5H2,1H3,(H,12,13). The van der Waals surface area contributed by atoms with Crippen molar-refractivity contribution in [1.82, 2.24) is 4.57 Å². The summed E-state index contributed by atoms with van der Waals surface area (Å²) in [6.45, 7) is 5.92. The van der Waals surface area contributed by atoms with Crippen LogP contribution in [-0.2, 0) is 6.54 Å². The highest BCUT2D eigenvalue weighted by molar-refractivity contribution is 9.11. The molecular formula is C9H10BrNO2. The predicted molar refractivity (Wildman–Crippen MR) is 54.2 cm³/mol. The Morgan fingerprint density at radius 1 is 1.77 bits per heavy atom. The van der Waals surface area contributed by atoms with E-state index in [0.29, 0.717) is 12.2 Å². The number of allylic oxidation sites excluding steroid dienone is 1. The summed E-state index contributed by atoms with van der Waals surface area (Å²) in [5.41, 5.74) is 1.09. The third kappa shape index (κ3) is 2.21. The minimum atomic E-state index is -0.906. The van der Waals surface area contributed by atoms with Crippen LogP contribution in [0.2, 0.25) is 0 Å². The molecule has 0 bridgehead atoms. The largest absolute Gasteiger partial charge is 0.477 e. The molecule has 0 amide bonds. The molecule has 13 heavy (non-hydrogen) atoms. The SMILES string of the molecule is C=C(Br)Cn1ccc(C)c1C(=O)O. The maximum Gasteiger partial charge on any atom is 0.352 e. The molecule has 0 aliphatic carbocycles. The van der Waals surface area contributed by atoms with Crippen LogP contribution >= 0.6 is 15.9 Å². The van der Waals surface area contributed by atoms with Crippen molar-refractivity contribution >= 4 is 21.9 Å². The van der Waals surface area contributed by atoms with Gasteiger partial charge in [-0.1, -0.05) is 22.5 Å². The van der Waals surface area contributed by atoms with Crippen LogP contribution in [0, 0.1) is 6.92 Å². The quantitative estimate of drug-likeness (QED) is 0.886. The van der Waals surface area contributed by atoms with Gasteiger partial charge in [0.15, 0.2) is 0 Å². The molecule has 0 fully saturated rings. The lowest BCUT2D eigenvalue weighted by atomic mass is 10.3. The van der Waals surface area contributed by atoms with Gasteiger partial charge in [0, 0.05) is 10.7 Å². The summed E-state index contributed by atoms with van der Waals surface area (Å²) in [5.74, 6) is -0.906. The van der Waals surface area contributed by atoms with E-state index < -0.39 is 5.97 Å².